The number of rotatable bonds is 6. The van der Waals surface area contributed by atoms with Crippen LogP contribution in [0.15, 0.2) is 18.5 Å². The van der Waals surface area contributed by atoms with Gasteiger partial charge in [0, 0.05) is 24.1 Å². The largest absolute Gasteiger partial charge is 0.314 e. The molecule has 1 fully saturated rings. The lowest BCUT2D eigenvalue weighted by Crippen LogP contribution is -2.19. The minimum Gasteiger partial charge on any atom is -0.314 e. The SMILES string of the molecule is Cc1nn(Cc2ccncc2Cl)c(C)c1CCNC1CC1. The van der Waals surface area contributed by atoms with Crippen LogP contribution >= 0.6 is 11.6 Å². The molecule has 5 heteroatoms. The zero-order valence-corrected chi connectivity index (χ0v) is 13.3. The van der Waals surface area contributed by atoms with Crippen LogP contribution in [0.1, 0.15) is 35.4 Å². The molecule has 3 rings (SSSR count). The first-order valence-corrected chi connectivity index (χ1v) is 7.87. The van der Waals surface area contributed by atoms with Crippen molar-refractivity contribution in [3.63, 3.8) is 0 Å². The molecule has 4 nitrogen and oxygen atoms in total. The third-order valence-corrected chi connectivity index (χ3v) is 4.43. The van der Waals surface area contributed by atoms with Crippen molar-refractivity contribution < 1.29 is 0 Å². The van der Waals surface area contributed by atoms with Crippen molar-refractivity contribution in [1.29, 1.82) is 0 Å². The number of nitrogens with zero attached hydrogens (tertiary/aromatic N) is 3. The maximum atomic E-state index is 6.18. The lowest BCUT2D eigenvalue weighted by Gasteiger charge is -2.07. The Bertz CT molecular complexity index is 631. The molecule has 0 bridgehead atoms. The van der Waals surface area contributed by atoms with Gasteiger partial charge < -0.3 is 5.32 Å². The summed E-state index contributed by atoms with van der Waals surface area (Å²) in [5.41, 5.74) is 4.77. The summed E-state index contributed by atoms with van der Waals surface area (Å²) in [4.78, 5) is 4.02. The van der Waals surface area contributed by atoms with Crippen LogP contribution in [0, 0.1) is 13.8 Å². The molecule has 0 radical (unpaired) electrons. The van der Waals surface area contributed by atoms with Crippen molar-refractivity contribution in [2.24, 2.45) is 0 Å². The highest BCUT2D eigenvalue weighted by Crippen LogP contribution is 2.20. The van der Waals surface area contributed by atoms with Gasteiger partial charge >= 0.3 is 0 Å². The highest BCUT2D eigenvalue weighted by molar-refractivity contribution is 6.31. The summed E-state index contributed by atoms with van der Waals surface area (Å²) in [6.07, 6.45) is 7.16. The average Bonchev–Trinajstić information content (AvgIpc) is 3.24. The van der Waals surface area contributed by atoms with Crippen molar-refractivity contribution >= 4 is 11.6 Å². The molecule has 2 heterocycles. The first-order valence-electron chi connectivity index (χ1n) is 7.50. The Morgan fingerprint density at radius 2 is 2.19 bits per heavy atom. The van der Waals surface area contributed by atoms with E-state index in [1.54, 1.807) is 12.4 Å². The van der Waals surface area contributed by atoms with Gasteiger partial charge in [0.1, 0.15) is 0 Å². The Morgan fingerprint density at radius 3 is 2.90 bits per heavy atom. The number of aromatic nitrogens is 3. The molecule has 0 unspecified atom stereocenters. The highest BCUT2D eigenvalue weighted by atomic mass is 35.5. The molecule has 0 amide bonds. The number of aryl methyl sites for hydroxylation is 1. The lowest BCUT2D eigenvalue weighted by atomic mass is 10.1. The quantitative estimate of drug-likeness (QED) is 0.892. The van der Waals surface area contributed by atoms with Crippen LogP contribution in [0.5, 0.6) is 0 Å². The van der Waals surface area contributed by atoms with Crippen molar-refractivity contribution in [1.82, 2.24) is 20.1 Å². The van der Waals surface area contributed by atoms with E-state index in [2.05, 4.69) is 29.2 Å². The van der Waals surface area contributed by atoms with Crippen LogP contribution in [-0.4, -0.2) is 27.4 Å². The fourth-order valence-corrected chi connectivity index (χ4v) is 2.81. The number of pyridine rings is 1. The van der Waals surface area contributed by atoms with E-state index in [1.165, 1.54) is 24.1 Å². The fraction of sp³-hybridized carbons (Fsp3) is 0.500. The number of halogens is 1. The van der Waals surface area contributed by atoms with Gasteiger partial charge in [0.2, 0.25) is 0 Å². The van der Waals surface area contributed by atoms with Crippen molar-refractivity contribution in [3.8, 4) is 0 Å². The molecule has 0 spiro atoms. The minimum absolute atomic E-state index is 0.696. The van der Waals surface area contributed by atoms with Gasteiger partial charge in [-0.3, -0.25) is 9.67 Å². The Balaban J connectivity index is 1.72. The summed E-state index contributed by atoms with van der Waals surface area (Å²) in [5, 5.41) is 8.93. The van der Waals surface area contributed by atoms with Crippen LogP contribution in [0.2, 0.25) is 5.02 Å². The third-order valence-electron chi connectivity index (χ3n) is 4.09. The summed E-state index contributed by atoms with van der Waals surface area (Å²) in [6, 6.07) is 2.71. The molecular formula is C16H21ClN4. The van der Waals surface area contributed by atoms with E-state index in [9.17, 15) is 0 Å². The molecule has 0 aromatic carbocycles. The Labute approximate surface area is 130 Å². The second-order valence-corrected chi connectivity index (χ2v) is 6.16. The predicted octanol–water partition coefficient (Wildman–Crippen LogP) is 2.89. The summed E-state index contributed by atoms with van der Waals surface area (Å²) >= 11 is 6.18. The van der Waals surface area contributed by atoms with Gasteiger partial charge in [0.15, 0.2) is 0 Å². The summed E-state index contributed by atoms with van der Waals surface area (Å²) in [5.74, 6) is 0. The van der Waals surface area contributed by atoms with Crippen molar-refractivity contribution in [3.05, 3.63) is 46.0 Å². The molecule has 2 aromatic heterocycles. The van der Waals surface area contributed by atoms with E-state index in [0.29, 0.717) is 11.6 Å². The standard InChI is InChI=1S/C16H21ClN4/c1-11-15(6-8-19-14-3-4-14)12(2)21(20-11)10-13-5-7-18-9-16(13)17/h5,7,9,14,19H,3-4,6,8,10H2,1-2H3. The Kier molecular flexibility index (Phi) is 4.27. The Morgan fingerprint density at radius 1 is 1.38 bits per heavy atom. The van der Waals surface area contributed by atoms with Crippen LogP contribution < -0.4 is 5.32 Å². The van der Waals surface area contributed by atoms with E-state index in [-0.39, 0.29) is 0 Å². The van der Waals surface area contributed by atoms with Crippen LogP contribution in [-0.2, 0) is 13.0 Å². The van der Waals surface area contributed by atoms with Gasteiger partial charge in [-0.1, -0.05) is 11.6 Å². The molecule has 112 valence electrons. The fourth-order valence-electron chi connectivity index (χ4n) is 2.63. The van der Waals surface area contributed by atoms with Gasteiger partial charge in [0.25, 0.3) is 0 Å². The first kappa shape index (κ1) is 14.5. The topological polar surface area (TPSA) is 42.7 Å². The Hall–Kier alpha value is -1.39. The van der Waals surface area contributed by atoms with E-state index in [4.69, 9.17) is 11.6 Å². The minimum atomic E-state index is 0.696. The van der Waals surface area contributed by atoms with Crippen LogP contribution in [0.3, 0.4) is 0 Å². The van der Waals surface area contributed by atoms with Gasteiger partial charge in [-0.15, -0.1) is 0 Å². The van der Waals surface area contributed by atoms with Crippen LogP contribution in [0.4, 0.5) is 0 Å². The first-order chi connectivity index (χ1) is 10.1. The molecule has 1 aliphatic carbocycles. The molecule has 21 heavy (non-hydrogen) atoms. The maximum Gasteiger partial charge on any atom is 0.0678 e. The molecule has 0 aliphatic heterocycles. The number of hydrogen-bond acceptors (Lipinski definition) is 3. The zero-order valence-electron chi connectivity index (χ0n) is 12.6. The van der Waals surface area contributed by atoms with E-state index >= 15 is 0 Å². The third kappa shape index (κ3) is 3.44. The van der Waals surface area contributed by atoms with Gasteiger partial charge in [-0.2, -0.15) is 5.10 Å². The molecule has 1 N–H and O–H groups in total. The van der Waals surface area contributed by atoms with E-state index in [0.717, 1.165) is 30.3 Å². The number of nitrogens with one attached hydrogen (secondary N) is 1. The average molecular weight is 305 g/mol. The van der Waals surface area contributed by atoms with Crippen molar-refractivity contribution in [2.75, 3.05) is 6.54 Å². The van der Waals surface area contributed by atoms with Gasteiger partial charge in [-0.05, 0) is 56.8 Å². The normalized spacial score (nSPS) is 14.6. The summed E-state index contributed by atoms with van der Waals surface area (Å²) in [7, 11) is 0. The highest BCUT2D eigenvalue weighted by Gasteiger charge is 2.20. The predicted molar refractivity (Wildman–Crippen MR) is 84.8 cm³/mol. The van der Waals surface area contributed by atoms with Gasteiger partial charge in [0.05, 0.1) is 17.3 Å². The maximum absolute atomic E-state index is 6.18. The van der Waals surface area contributed by atoms with Gasteiger partial charge in [-0.25, -0.2) is 0 Å². The van der Waals surface area contributed by atoms with E-state index in [1.807, 2.05) is 10.7 Å². The molecule has 1 aliphatic rings. The summed E-state index contributed by atoms with van der Waals surface area (Å²) in [6.45, 7) is 5.96. The van der Waals surface area contributed by atoms with E-state index < -0.39 is 0 Å². The molecular weight excluding hydrogens is 284 g/mol. The summed E-state index contributed by atoms with van der Waals surface area (Å²) < 4.78 is 2.04. The molecule has 0 atom stereocenters. The second kappa shape index (κ2) is 6.16. The molecule has 2 aromatic rings. The zero-order chi connectivity index (χ0) is 14.8. The smallest absolute Gasteiger partial charge is 0.0678 e. The lowest BCUT2D eigenvalue weighted by molar-refractivity contribution is 0.654. The second-order valence-electron chi connectivity index (χ2n) is 5.75. The molecule has 1 saturated carbocycles. The monoisotopic (exact) mass is 304 g/mol. The van der Waals surface area contributed by atoms with Crippen molar-refractivity contribution in [2.45, 2.75) is 45.7 Å². The molecule has 0 saturated heterocycles. The number of hydrogen-bond donors (Lipinski definition) is 1. The van der Waals surface area contributed by atoms with Crippen LogP contribution in [0.25, 0.3) is 0 Å².